The van der Waals surface area contributed by atoms with Crippen LogP contribution >= 0.6 is 0 Å². The molecular weight excluding hydrogens is 1150 g/mol. The van der Waals surface area contributed by atoms with E-state index in [-0.39, 0.29) is 50.9 Å². The van der Waals surface area contributed by atoms with Gasteiger partial charge in [-0.15, -0.1) is 0 Å². The number of Topliss-reactive ketones (excluding diaryl/α,β-unsaturated/α-hetero) is 1. The van der Waals surface area contributed by atoms with E-state index in [0.717, 1.165) is 83.0 Å². The number of rotatable bonds is 33. The number of fused-ring (bicyclic) bond motifs is 6. The molecule has 0 radical (unpaired) electrons. The summed E-state index contributed by atoms with van der Waals surface area (Å²) < 4.78 is 26.6. The molecule has 0 aliphatic carbocycles. The lowest BCUT2D eigenvalue weighted by Gasteiger charge is -2.24. The fourth-order valence-corrected chi connectivity index (χ4v) is 9.92. The third-order valence-corrected chi connectivity index (χ3v) is 14.2. The van der Waals surface area contributed by atoms with Gasteiger partial charge in [-0.25, -0.2) is 40.2 Å². The van der Waals surface area contributed by atoms with Crippen LogP contribution in [0, 0.1) is 11.8 Å². The molecule has 490 valence electrons. The number of urea groups is 1. The molecule has 7 rings (SSSR count). The standard InChI is InChI=1S/C40H56N10O8.C23H33N5O3.CH4/c1-4-5-12-32-47-35-36(50(32)19-21-56-20-17-41)29-10-6-7-11-30(29)46-37(35)49-40(55)57-23-26-13-15-28(16-14-26)45-38(53)27(9-8-18-44-39(42)54)22-31(51)34(25(2)3)48-33(52)24-58-43;1-5-6-11-18-27-19-20(16-9-7-8-10-17(16)26-21(19)24)28(18)13-15-30-14-12-25-22(29)31-23(2,3)4;/h6-7,10-11,13-16,25,27,34H,4-5,8-9,12,17-24,41,43H2,1-3H3,(H,45,53)(H,48,52)(H3,42,44,54)(H,46,49,55);7-10H,5-6,11-15H2,1-4H3,(H2,24,26)(H,25,29);1H4/t27-,34+;;/m0../s1. The predicted octanol–water partition coefficient (Wildman–Crippen LogP) is 8.33. The number of carbonyl (C=O) groups is 6. The molecule has 90 heavy (non-hydrogen) atoms. The summed E-state index contributed by atoms with van der Waals surface area (Å²) in [6.45, 7) is 16.9. The molecule has 26 heteroatoms. The first kappa shape index (κ1) is 72.2. The number of nitrogen functional groups attached to an aromatic ring is 1. The number of unbranched alkanes of at least 4 members (excludes halogenated alkanes) is 2. The van der Waals surface area contributed by atoms with E-state index < -0.39 is 54.2 Å². The van der Waals surface area contributed by atoms with Gasteiger partial charge in [0.2, 0.25) is 11.8 Å². The van der Waals surface area contributed by atoms with Gasteiger partial charge in [0.25, 0.3) is 0 Å². The van der Waals surface area contributed by atoms with Crippen molar-refractivity contribution in [2.75, 3.05) is 69.0 Å². The molecule has 2 atom stereocenters. The number of nitrogens with zero attached hydrogens (tertiary/aromatic N) is 6. The van der Waals surface area contributed by atoms with Crippen LogP contribution < -0.4 is 49.7 Å². The molecule has 0 unspecified atom stereocenters. The van der Waals surface area contributed by atoms with Crippen molar-refractivity contribution in [3.05, 3.63) is 90.0 Å². The number of alkyl carbamates (subject to hydrolysis) is 1. The molecule has 0 aliphatic heterocycles. The summed E-state index contributed by atoms with van der Waals surface area (Å²) in [7, 11) is 0. The number of para-hydroxylation sites is 2. The zero-order chi connectivity index (χ0) is 64.5. The summed E-state index contributed by atoms with van der Waals surface area (Å²) in [6.07, 6.45) is 4.99. The average molecular weight is 1250 g/mol. The Bertz CT molecular complexity index is 3470. The SMILES string of the molecule is C.CCCCc1nc2c(N)nc3ccccc3c2n1CCOCCNC(=O)OC(C)(C)C.CCCCc1nc2c(NC(=O)OCc3ccc(NC(=O)[C@@H](CCCNC(N)=O)CC(=O)[C@H](NC(=O)CON)C(C)C)cc3)nc3ccccc3c2n1CCOCCN. The molecule has 4 heterocycles. The number of hydrogen-bond donors (Lipinski definition) is 9. The van der Waals surface area contributed by atoms with Crippen LogP contribution in [0.2, 0.25) is 0 Å². The minimum atomic E-state index is -0.867. The second-order valence-corrected chi connectivity index (χ2v) is 22.7. The van der Waals surface area contributed by atoms with Crippen molar-refractivity contribution in [1.82, 2.24) is 45.0 Å². The van der Waals surface area contributed by atoms with Crippen LogP contribution in [0.1, 0.15) is 118 Å². The molecule has 0 fully saturated rings. The Morgan fingerprint density at radius 3 is 1.86 bits per heavy atom. The molecule has 4 aromatic heterocycles. The van der Waals surface area contributed by atoms with Crippen molar-refractivity contribution < 1.29 is 52.6 Å². The molecular formula is C64H93N15O11. The topological polar surface area (TPSA) is 374 Å². The van der Waals surface area contributed by atoms with Crippen molar-refractivity contribution in [3.8, 4) is 0 Å². The van der Waals surface area contributed by atoms with Crippen LogP contribution in [-0.4, -0.2) is 129 Å². The predicted molar refractivity (Wildman–Crippen MR) is 349 cm³/mol. The van der Waals surface area contributed by atoms with Gasteiger partial charge in [0.15, 0.2) is 17.4 Å². The molecule has 3 aromatic carbocycles. The summed E-state index contributed by atoms with van der Waals surface area (Å²) >= 11 is 0. The maximum absolute atomic E-state index is 13.5. The zero-order valence-electron chi connectivity index (χ0n) is 52.3. The zero-order valence-corrected chi connectivity index (χ0v) is 52.3. The van der Waals surface area contributed by atoms with E-state index >= 15 is 0 Å². The van der Waals surface area contributed by atoms with Crippen molar-refractivity contribution in [2.24, 2.45) is 29.2 Å². The number of aryl methyl sites for hydroxylation is 2. The summed E-state index contributed by atoms with van der Waals surface area (Å²) in [5, 5.41) is 15.4. The van der Waals surface area contributed by atoms with Crippen molar-refractivity contribution in [3.63, 3.8) is 0 Å². The fourth-order valence-electron chi connectivity index (χ4n) is 9.92. The number of nitrogens with two attached hydrogens (primary N) is 4. The van der Waals surface area contributed by atoms with Crippen LogP contribution in [-0.2, 0) is 70.7 Å². The number of pyridine rings is 2. The number of aromatic nitrogens is 6. The van der Waals surface area contributed by atoms with E-state index in [1.807, 2.05) is 63.2 Å². The van der Waals surface area contributed by atoms with E-state index in [0.29, 0.717) is 87.1 Å². The van der Waals surface area contributed by atoms with Gasteiger partial charge in [-0.05, 0) is 82.2 Å². The minimum Gasteiger partial charge on any atom is -0.444 e. The van der Waals surface area contributed by atoms with Crippen LogP contribution in [0.4, 0.5) is 31.7 Å². The summed E-state index contributed by atoms with van der Waals surface area (Å²) in [5.41, 5.74) is 22.3. The Kier molecular flexibility index (Phi) is 29.0. The second-order valence-electron chi connectivity index (χ2n) is 22.7. The number of carbonyl (C=O) groups excluding carboxylic acids is 6. The molecule has 26 nitrogen and oxygen atoms in total. The Morgan fingerprint density at radius 1 is 0.689 bits per heavy atom. The molecule has 0 spiro atoms. The van der Waals surface area contributed by atoms with E-state index in [2.05, 4.69) is 65.5 Å². The van der Waals surface area contributed by atoms with Crippen molar-refractivity contribution in [1.29, 1.82) is 0 Å². The Labute approximate surface area is 525 Å². The van der Waals surface area contributed by atoms with Gasteiger partial charge in [0.05, 0.1) is 54.5 Å². The molecule has 6 amide bonds. The first-order valence-electron chi connectivity index (χ1n) is 30.4. The average Bonchev–Trinajstić information content (AvgIpc) is 1.59. The highest BCUT2D eigenvalue weighted by Crippen LogP contribution is 2.32. The van der Waals surface area contributed by atoms with Gasteiger partial charge < -0.3 is 66.5 Å². The smallest absolute Gasteiger partial charge is 0.413 e. The number of nitrogens with one attached hydrogen (secondary N) is 5. The van der Waals surface area contributed by atoms with Crippen LogP contribution in [0.15, 0.2) is 72.8 Å². The number of ether oxygens (including phenoxy) is 4. The molecule has 0 saturated carbocycles. The van der Waals surface area contributed by atoms with Crippen molar-refractivity contribution in [2.45, 2.75) is 145 Å². The van der Waals surface area contributed by atoms with Gasteiger partial charge in [0.1, 0.15) is 41.5 Å². The third kappa shape index (κ3) is 21.6. The van der Waals surface area contributed by atoms with Gasteiger partial charge >= 0.3 is 18.2 Å². The lowest BCUT2D eigenvalue weighted by molar-refractivity contribution is -0.133. The number of primary amides is 1. The maximum Gasteiger partial charge on any atom is 0.413 e. The van der Waals surface area contributed by atoms with Gasteiger partial charge in [-0.2, -0.15) is 0 Å². The lowest BCUT2D eigenvalue weighted by Crippen LogP contribution is -2.47. The molecule has 0 bridgehead atoms. The summed E-state index contributed by atoms with van der Waals surface area (Å²) in [5.74, 6) is 5.22. The largest absolute Gasteiger partial charge is 0.444 e. The normalized spacial score (nSPS) is 12.0. The second kappa shape index (κ2) is 36.2. The first-order valence-corrected chi connectivity index (χ1v) is 30.4. The molecule has 13 N–H and O–H groups in total. The van der Waals surface area contributed by atoms with Gasteiger partial charge in [-0.3, -0.25) is 24.5 Å². The van der Waals surface area contributed by atoms with E-state index in [1.54, 1.807) is 38.1 Å². The fraction of sp³-hybridized carbons (Fsp3) is 0.500. The van der Waals surface area contributed by atoms with E-state index in [9.17, 15) is 28.8 Å². The summed E-state index contributed by atoms with van der Waals surface area (Å²) in [6, 6.07) is 20.8. The number of benzene rings is 3. The Morgan fingerprint density at radius 2 is 1.28 bits per heavy atom. The van der Waals surface area contributed by atoms with E-state index in [4.69, 9.17) is 57.0 Å². The Balaban J connectivity index is 0.000000386. The van der Waals surface area contributed by atoms with Gasteiger partial charge in [-0.1, -0.05) is 96.5 Å². The van der Waals surface area contributed by atoms with Crippen LogP contribution in [0.25, 0.3) is 43.9 Å². The van der Waals surface area contributed by atoms with Crippen molar-refractivity contribution >= 4 is 97.0 Å². The lowest BCUT2D eigenvalue weighted by atomic mass is 9.89. The monoisotopic (exact) mass is 1250 g/mol. The highest BCUT2D eigenvalue weighted by atomic mass is 16.6. The minimum absolute atomic E-state index is 0. The molecule has 0 saturated heterocycles. The number of anilines is 3. The number of amides is 6. The highest BCUT2D eigenvalue weighted by molar-refractivity contribution is 6.09. The highest BCUT2D eigenvalue weighted by Gasteiger charge is 2.30. The number of imidazole rings is 2. The van der Waals surface area contributed by atoms with Gasteiger partial charge in [0, 0.05) is 74.4 Å². The first-order chi connectivity index (χ1) is 42.7. The van der Waals surface area contributed by atoms with Crippen LogP contribution in [0.5, 0.6) is 0 Å². The molecule has 0 aliphatic rings. The molecule has 7 aromatic rings. The quantitative estimate of drug-likeness (QED) is 0.0138. The number of ketones is 1. The third-order valence-electron chi connectivity index (χ3n) is 14.2. The van der Waals surface area contributed by atoms with Crippen LogP contribution in [0.3, 0.4) is 0 Å². The number of hydrogen-bond acceptors (Lipinski definition) is 18. The maximum atomic E-state index is 13.5. The summed E-state index contributed by atoms with van der Waals surface area (Å²) in [4.78, 5) is 98.4. The Hall–Kier alpha value is -8.56. The van der Waals surface area contributed by atoms with E-state index in [1.165, 1.54) is 0 Å².